The van der Waals surface area contributed by atoms with E-state index in [2.05, 4.69) is 66.0 Å². The minimum absolute atomic E-state index is 0.0115. The van der Waals surface area contributed by atoms with Gasteiger partial charge in [0.05, 0.1) is 29.9 Å². The number of methoxy groups -OCH3 is 1. The molecule has 1 amide bonds. The van der Waals surface area contributed by atoms with E-state index in [-0.39, 0.29) is 29.8 Å². The number of aryl methyl sites for hydroxylation is 1. The average Bonchev–Trinajstić information content (AvgIpc) is 3.84. The number of hydrogen-bond donors (Lipinski definition) is 1. The van der Waals surface area contributed by atoms with Gasteiger partial charge in [0, 0.05) is 42.0 Å². The number of fused-ring (bicyclic) bond motifs is 2. The Balaban J connectivity index is 1.43. The zero-order valence-electron chi connectivity index (χ0n) is 27.0. The van der Waals surface area contributed by atoms with E-state index in [0.29, 0.717) is 18.4 Å². The number of rotatable bonds is 5. The second-order valence-electron chi connectivity index (χ2n) is 13.7. The van der Waals surface area contributed by atoms with Crippen LogP contribution < -0.4 is 14.4 Å². The lowest BCUT2D eigenvalue weighted by atomic mass is 9.70. The molecule has 6 rings (SSSR count). The van der Waals surface area contributed by atoms with Crippen LogP contribution in [0.25, 0.3) is 0 Å². The Bertz CT molecular complexity index is 1480. The largest absolute Gasteiger partial charge is 0.491 e. The highest BCUT2D eigenvalue weighted by Gasteiger charge is 2.48. The van der Waals surface area contributed by atoms with Gasteiger partial charge in [0.1, 0.15) is 5.75 Å². The smallest absolute Gasteiger partial charge is 0.233 e. The van der Waals surface area contributed by atoms with Gasteiger partial charge < -0.3 is 14.4 Å². The number of carbonyl (C=O) groups is 1. The first-order chi connectivity index (χ1) is 21.8. The van der Waals surface area contributed by atoms with Crippen LogP contribution in [0.3, 0.4) is 0 Å². The molecule has 0 radical (unpaired) electrons. The number of anilines is 1. The zero-order chi connectivity index (χ0) is 31.7. The predicted molar refractivity (Wildman–Crippen MR) is 182 cm³/mol. The van der Waals surface area contributed by atoms with E-state index in [4.69, 9.17) is 21.1 Å². The number of ether oxygens (including phenoxy) is 2. The first-order valence-corrected chi connectivity index (χ1v) is 17.9. The summed E-state index contributed by atoms with van der Waals surface area (Å²) in [6.07, 6.45) is 11.3. The molecule has 240 valence electrons. The summed E-state index contributed by atoms with van der Waals surface area (Å²) in [5.41, 5.74) is 4.07. The normalized spacial score (nSPS) is 30.0. The topological polar surface area (TPSA) is 74.6 Å². The number of hydrogen-bond acceptors (Lipinski definition) is 6. The van der Waals surface area contributed by atoms with Crippen molar-refractivity contribution in [3.63, 3.8) is 0 Å². The molecular weight excluding hydrogens is 602 g/mol. The fourth-order valence-electron chi connectivity index (χ4n) is 7.38. The number of carbonyl (C=O) groups excluding carboxylic acids is 1. The number of amides is 1. The Kier molecular flexibility index (Phi) is 9.76. The summed E-state index contributed by atoms with van der Waals surface area (Å²) in [6.45, 7) is 8.61. The second-order valence-corrected chi connectivity index (χ2v) is 15.0. The Morgan fingerprint density at radius 2 is 2.02 bits per heavy atom. The van der Waals surface area contributed by atoms with Gasteiger partial charge in [-0.2, -0.15) is 5.26 Å². The van der Waals surface area contributed by atoms with Crippen LogP contribution in [0, 0.1) is 35.0 Å². The minimum Gasteiger partial charge on any atom is -0.491 e. The first kappa shape index (κ1) is 32.3. The van der Waals surface area contributed by atoms with E-state index < -0.39 is 5.41 Å². The molecule has 2 fully saturated rings. The summed E-state index contributed by atoms with van der Waals surface area (Å²) in [4.78, 5) is 16.8. The molecule has 45 heavy (non-hydrogen) atoms. The fourth-order valence-corrected chi connectivity index (χ4v) is 8.51. The van der Waals surface area contributed by atoms with Crippen LogP contribution in [-0.4, -0.2) is 38.8 Å². The van der Waals surface area contributed by atoms with Crippen molar-refractivity contribution >= 4 is 35.1 Å². The van der Waals surface area contributed by atoms with Crippen LogP contribution in [0.5, 0.6) is 5.75 Å². The predicted octanol–water partition coefficient (Wildman–Crippen LogP) is 8.23. The van der Waals surface area contributed by atoms with Crippen LogP contribution in [0.2, 0.25) is 5.02 Å². The monoisotopic (exact) mass is 647 g/mol. The highest BCUT2D eigenvalue weighted by molar-refractivity contribution is 7.98. The maximum atomic E-state index is 13.4. The third-order valence-corrected chi connectivity index (χ3v) is 11.9. The number of nitrogens with zero attached hydrogens (tertiary/aromatic N) is 2. The average molecular weight is 648 g/mol. The molecule has 2 aromatic rings. The van der Waals surface area contributed by atoms with Crippen molar-refractivity contribution in [2.45, 2.75) is 88.0 Å². The third-order valence-electron chi connectivity index (χ3n) is 10.8. The van der Waals surface area contributed by atoms with Gasteiger partial charge >= 0.3 is 0 Å². The molecule has 0 spiro atoms. The van der Waals surface area contributed by atoms with Gasteiger partial charge in [-0.3, -0.25) is 9.52 Å². The third kappa shape index (κ3) is 6.62. The van der Waals surface area contributed by atoms with Crippen LogP contribution >= 0.6 is 23.5 Å². The van der Waals surface area contributed by atoms with E-state index in [1.54, 1.807) is 0 Å². The summed E-state index contributed by atoms with van der Waals surface area (Å²) in [6, 6.07) is 13.2. The molecule has 0 saturated heterocycles. The van der Waals surface area contributed by atoms with E-state index in [1.807, 2.05) is 20.1 Å². The number of benzene rings is 2. The summed E-state index contributed by atoms with van der Waals surface area (Å²) in [5.74, 6) is 1.96. The van der Waals surface area contributed by atoms with Crippen molar-refractivity contribution in [1.29, 1.82) is 5.26 Å². The highest BCUT2D eigenvalue weighted by atomic mass is 35.5. The van der Waals surface area contributed by atoms with E-state index >= 15 is 0 Å². The summed E-state index contributed by atoms with van der Waals surface area (Å²) in [7, 11) is 1.82. The van der Waals surface area contributed by atoms with Gasteiger partial charge in [0.2, 0.25) is 5.91 Å². The molecular formula is C37H46ClN3O3S. The second kappa shape index (κ2) is 13.6. The molecule has 4 aliphatic rings. The van der Waals surface area contributed by atoms with Crippen molar-refractivity contribution < 1.29 is 14.3 Å². The van der Waals surface area contributed by atoms with Gasteiger partial charge in [-0.1, -0.05) is 57.0 Å². The van der Waals surface area contributed by atoms with Crippen LogP contribution in [-0.2, 0) is 21.4 Å². The minimum atomic E-state index is -0.526. The molecule has 6 atom stereocenters. The molecule has 1 N–H and O–H groups in total. The van der Waals surface area contributed by atoms with Crippen molar-refractivity contribution in [3.05, 3.63) is 64.2 Å². The van der Waals surface area contributed by atoms with E-state index in [9.17, 15) is 10.1 Å². The van der Waals surface area contributed by atoms with Gasteiger partial charge in [0.25, 0.3) is 0 Å². The summed E-state index contributed by atoms with van der Waals surface area (Å²) < 4.78 is 15.9. The van der Waals surface area contributed by atoms with Crippen molar-refractivity contribution in [2.24, 2.45) is 23.7 Å². The van der Waals surface area contributed by atoms with Crippen molar-refractivity contribution in [1.82, 2.24) is 4.72 Å². The molecule has 6 unspecified atom stereocenters. The Morgan fingerprint density at radius 1 is 1.20 bits per heavy atom. The van der Waals surface area contributed by atoms with Crippen molar-refractivity contribution in [3.8, 4) is 11.8 Å². The maximum Gasteiger partial charge on any atom is 0.233 e. The number of nitrogens with one attached hydrogen (secondary N) is 1. The lowest BCUT2D eigenvalue weighted by Gasteiger charge is -2.43. The van der Waals surface area contributed by atoms with Crippen LogP contribution in [0.15, 0.2) is 47.4 Å². The molecule has 2 aliphatic heterocycles. The van der Waals surface area contributed by atoms with Crippen molar-refractivity contribution in [2.75, 3.05) is 31.7 Å². The SMILES string of the molecule is CCCc1cc(Cl)ccc1C1COc2cc(C3(C#N)CC3)c3cc2N(C1)CC1CCC1C(OC)/C=C/CC(C)C(C)C(=O)NS3. The number of halogens is 1. The van der Waals surface area contributed by atoms with Gasteiger partial charge in [-0.05, 0) is 109 Å². The quantitative estimate of drug-likeness (QED) is 0.260. The molecule has 2 aromatic carbocycles. The number of allylic oxidation sites excluding steroid dienone is 1. The standard InChI is InChI=1S/C37H46ClN3O3S/c1-5-7-25-16-28(38)11-13-29(25)27-20-41-19-26-10-12-30(26)33(43-4)9-6-8-23(2)24(3)36(42)40-45-35-18-32(41)34(44-21-27)17-31(35)37(22-39)14-15-37/h6,9,11,13,16-18,23-24,26-27,30,33H,5,7-8,10,12,14-15,19-21H2,1-4H3,(H,40,42)/b9-6+. The van der Waals surface area contributed by atoms with E-state index in [0.717, 1.165) is 78.5 Å². The van der Waals surface area contributed by atoms with Crippen LogP contribution in [0.4, 0.5) is 5.69 Å². The molecule has 2 bridgehead atoms. The summed E-state index contributed by atoms with van der Waals surface area (Å²) >= 11 is 7.83. The molecule has 2 aliphatic carbocycles. The Labute approximate surface area is 278 Å². The van der Waals surface area contributed by atoms with Gasteiger partial charge in [0.15, 0.2) is 0 Å². The molecule has 6 nitrogen and oxygen atoms in total. The highest BCUT2D eigenvalue weighted by Crippen LogP contribution is 2.53. The summed E-state index contributed by atoms with van der Waals surface area (Å²) in [5, 5.41) is 11.0. The van der Waals surface area contributed by atoms with E-state index in [1.165, 1.54) is 29.5 Å². The first-order valence-electron chi connectivity index (χ1n) is 16.7. The molecule has 8 heteroatoms. The maximum absolute atomic E-state index is 13.4. The molecule has 2 saturated carbocycles. The zero-order valence-corrected chi connectivity index (χ0v) is 28.6. The molecule has 0 aromatic heterocycles. The van der Waals surface area contributed by atoms with Gasteiger partial charge in [-0.15, -0.1) is 0 Å². The number of nitriles is 1. The lowest BCUT2D eigenvalue weighted by Crippen LogP contribution is -2.44. The lowest BCUT2D eigenvalue weighted by molar-refractivity contribution is -0.123. The fraction of sp³-hybridized carbons (Fsp3) is 0.568. The Hall–Kier alpha value is -2.66. The molecule has 2 heterocycles. The van der Waals surface area contributed by atoms with Gasteiger partial charge in [-0.25, -0.2) is 0 Å². The van der Waals surface area contributed by atoms with Crippen LogP contribution in [0.1, 0.15) is 81.9 Å². The Morgan fingerprint density at radius 3 is 2.71 bits per heavy atom.